The highest BCUT2D eigenvalue weighted by Gasteiger charge is 2.25. The number of hydrogen-bond acceptors (Lipinski definition) is 10. The first-order chi connectivity index (χ1) is 19.1. The van der Waals surface area contributed by atoms with Crippen molar-refractivity contribution in [3.05, 3.63) is 41.2 Å². The SMILES string of the molecule is C/C(=C(\C=N/N(C)C=O)OCCOCCOCCOCCN)c1ccc(CC(NC=O)C(=O)OC(C)(C)C)cc1. The number of hydrogen-bond donors (Lipinski definition) is 2. The van der Waals surface area contributed by atoms with E-state index in [0.717, 1.165) is 21.7 Å². The monoisotopic (exact) mass is 564 g/mol. The molecule has 2 amide bonds. The maximum atomic E-state index is 12.5. The number of benzene rings is 1. The first-order valence-electron chi connectivity index (χ1n) is 13.1. The first kappa shape index (κ1) is 34.7. The predicted molar refractivity (Wildman–Crippen MR) is 151 cm³/mol. The zero-order chi connectivity index (χ0) is 29.8. The van der Waals surface area contributed by atoms with Crippen LogP contribution in [-0.4, -0.2) is 101 Å². The normalized spacial score (nSPS) is 12.9. The highest BCUT2D eigenvalue weighted by Crippen LogP contribution is 2.20. The molecule has 3 N–H and O–H groups in total. The number of allylic oxidation sites excluding steroid dienone is 2. The van der Waals surface area contributed by atoms with E-state index in [4.69, 9.17) is 29.4 Å². The van der Waals surface area contributed by atoms with Crippen molar-refractivity contribution < 1.29 is 38.1 Å². The topological polar surface area (TPSA) is 151 Å². The van der Waals surface area contributed by atoms with Crippen molar-refractivity contribution in [1.82, 2.24) is 10.3 Å². The first-order valence-corrected chi connectivity index (χ1v) is 13.1. The van der Waals surface area contributed by atoms with Crippen molar-refractivity contribution >= 4 is 30.6 Å². The average molecular weight is 565 g/mol. The Hall–Kier alpha value is -3.32. The molecular weight excluding hydrogens is 520 g/mol. The summed E-state index contributed by atoms with van der Waals surface area (Å²) in [5.74, 6) is -0.0381. The van der Waals surface area contributed by atoms with Crippen LogP contribution in [0, 0.1) is 0 Å². The Morgan fingerprint density at radius 1 is 1.00 bits per heavy atom. The summed E-state index contributed by atoms with van der Waals surface area (Å²) in [5.41, 5.74) is 7.15. The highest BCUT2D eigenvalue weighted by atomic mass is 16.6. The largest absolute Gasteiger partial charge is 0.489 e. The number of amides is 2. The molecule has 12 heteroatoms. The fourth-order valence-electron chi connectivity index (χ4n) is 3.18. The van der Waals surface area contributed by atoms with Gasteiger partial charge in [0.05, 0.1) is 45.9 Å². The Balaban J connectivity index is 2.78. The highest BCUT2D eigenvalue weighted by molar-refractivity contribution is 5.88. The second kappa shape index (κ2) is 19.7. The second-order valence-electron chi connectivity index (χ2n) is 9.66. The molecule has 1 rings (SSSR count). The Kier molecular flexibility index (Phi) is 17.1. The number of carbonyl (C=O) groups excluding carboxylic acids is 3. The van der Waals surface area contributed by atoms with E-state index in [2.05, 4.69) is 10.4 Å². The lowest BCUT2D eigenvalue weighted by Crippen LogP contribution is -2.42. The third-order valence-corrected chi connectivity index (χ3v) is 5.16. The van der Waals surface area contributed by atoms with Crippen LogP contribution in [0.2, 0.25) is 0 Å². The van der Waals surface area contributed by atoms with E-state index in [1.807, 2.05) is 31.2 Å². The van der Waals surface area contributed by atoms with Crippen LogP contribution < -0.4 is 11.1 Å². The Morgan fingerprint density at radius 2 is 1.57 bits per heavy atom. The lowest BCUT2D eigenvalue weighted by atomic mass is 10.0. The maximum Gasteiger partial charge on any atom is 0.329 e. The third kappa shape index (κ3) is 15.3. The van der Waals surface area contributed by atoms with Crippen LogP contribution in [0.4, 0.5) is 0 Å². The minimum atomic E-state index is -0.806. The van der Waals surface area contributed by atoms with Gasteiger partial charge >= 0.3 is 5.97 Å². The summed E-state index contributed by atoms with van der Waals surface area (Å²) >= 11 is 0. The standard InChI is InChI=1S/C28H44N4O8/c1-22(24-8-6-23(7-9-24)18-25(30-20-33)27(35)40-28(2,3)4)26(19-31-32(5)21-34)39-17-16-38-15-14-37-13-12-36-11-10-29/h6-9,19-21,25H,10-18,29H2,1-5H3,(H,30,33)/b26-22-,31-19-. The summed E-state index contributed by atoms with van der Waals surface area (Å²) in [7, 11) is 1.52. The van der Waals surface area contributed by atoms with Gasteiger partial charge in [-0.05, 0) is 44.4 Å². The molecule has 1 atom stereocenters. The Labute approximate surface area is 236 Å². The number of rotatable bonds is 21. The zero-order valence-electron chi connectivity index (χ0n) is 24.2. The van der Waals surface area contributed by atoms with Gasteiger partial charge in [-0.15, -0.1) is 0 Å². The molecule has 0 fully saturated rings. The van der Waals surface area contributed by atoms with E-state index in [9.17, 15) is 14.4 Å². The van der Waals surface area contributed by atoms with E-state index in [1.54, 1.807) is 20.8 Å². The maximum absolute atomic E-state index is 12.5. The number of carbonyl (C=O) groups is 3. The average Bonchev–Trinajstić information content (AvgIpc) is 2.92. The molecular formula is C28H44N4O8. The molecule has 0 radical (unpaired) electrons. The van der Waals surface area contributed by atoms with Gasteiger partial charge in [0, 0.05) is 20.0 Å². The van der Waals surface area contributed by atoms with E-state index < -0.39 is 17.6 Å². The second-order valence-corrected chi connectivity index (χ2v) is 9.66. The molecule has 1 aromatic rings. The molecule has 40 heavy (non-hydrogen) atoms. The van der Waals surface area contributed by atoms with Crippen LogP contribution >= 0.6 is 0 Å². The van der Waals surface area contributed by atoms with Gasteiger partial charge < -0.3 is 34.7 Å². The summed E-state index contributed by atoms with van der Waals surface area (Å²) in [6.07, 6.45) is 2.81. The van der Waals surface area contributed by atoms with Crippen molar-refractivity contribution in [2.24, 2.45) is 10.8 Å². The molecule has 0 saturated carbocycles. The summed E-state index contributed by atoms with van der Waals surface area (Å²) in [6.45, 7) is 10.6. The molecule has 1 unspecified atom stereocenters. The number of ether oxygens (including phenoxy) is 5. The molecule has 1 aromatic carbocycles. The fourth-order valence-corrected chi connectivity index (χ4v) is 3.18. The van der Waals surface area contributed by atoms with Crippen molar-refractivity contribution in [1.29, 1.82) is 0 Å². The molecule has 224 valence electrons. The minimum Gasteiger partial charge on any atom is -0.489 e. The lowest BCUT2D eigenvalue weighted by molar-refractivity contribution is -0.158. The molecule has 0 aliphatic rings. The molecule has 0 heterocycles. The smallest absolute Gasteiger partial charge is 0.329 e. The Bertz CT molecular complexity index is 945. The summed E-state index contributed by atoms with van der Waals surface area (Å²) < 4.78 is 27.5. The molecule has 12 nitrogen and oxygen atoms in total. The van der Waals surface area contributed by atoms with Crippen LogP contribution in [-0.2, 0) is 44.5 Å². The summed E-state index contributed by atoms with van der Waals surface area (Å²) in [6, 6.07) is 6.67. The van der Waals surface area contributed by atoms with Crippen LogP contribution in [0.25, 0.3) is 5.57 Å². The van der Waals surface area contributed by atoms with Crippen LogP contribution in [0.1, 0.15) is 38.8 Å². The predicted octanol–water partition coefficient (Wildman–Crippen LogP) is 1.52. The van der Waals surface area contributed by atoms with Gasteiger partial charge in [0.25, 0.3) is 0 Å². The minimum absolute atomic E-state index is 0.260. The van der Waals surface area contributed by atoms with E-state index in [0.29, 0.717) is 64.8 Å². The van der Waals surface area contributed by atoms with Crippen LogP contribution in [0.3, 0.4) is 0 Å². The number of nitrogens with two attached hydrogens (primary N) is 1. The third-order valence-electron chi connectivity index (χ3n) is 5.16. The van der Waals surface area contributed by atoms with Gasteiger partial charge in [-0.3, -0.25) is 9.59 Å². The van der Waals surface area contributed by atoms with Gasteiger partial charge in [0.15, 0.2) is 0 Å². The van der Waals surface area contributed by atoms with Gasteiger partial charge in [-0.25, -0.2) is 9.80 Å². The molecule has 0 aliphatic carbocycles. The zero-order valence-corrected chi connectivity index (χ0v) is 24.2. The van der Waals surface area contributed by atoms with Crippen LogP contribution in [0.5, 0.6) is 0 Å². The van der Waals surface area contributed by atoms with Crippen molar-refractivity contribution in [3.63, 3.8) is 0 Å². The Morgan fingerprint density at radius 3 is 2.10 bits per heavy atom. The van der Waals surface area contributed by atoms with Crippen molar-refractivity contribution in [3.8, 4) is 0 Å². The van der Waals surface area contributed by atoms with Crippen LogP contribution in [0.15, 0.2) is 35.1 Å². The lowest BCUT2D eigenvalue weighted by Gasteiger charge is -2.23. The molecule has 0 spiro atoms. The summed E-state index contributed by atoms with van der Waals surface area (Å²) in [4.78, 5) is 34.5. The van der Waals surface area contributed by atoms with Crippen molar-refractivity contribution in [2.75, 3.05) is 59.8 Å². The van der Waals surface area contributed by atoms with Crippen molar-refractivity contribution in [2.45, 2.75) is 45.8 Å². The van der Waals surface area contributed by atoms with Gasteiger partial charge in [-0.1, -0.05) is 24.3 Å². The molecule has 0 saturated heterocycles. The van der Waals surface area contributed by atoms with E-state index in [-0.39, 0.29) is 13.0 Å². The quantitative estimate of drug-likeness (QED) is 0.0565. The van der Waals surface area contributed by atoms with Gasteiger partial charge in [0.2, 0.25) is 12.8 Å². The van der Waals surface area contributed by atoms with Gasteiger partial charge in [-0.2, -0.15) is 5.10 Å². The van der Waals surface area contributed by atoms with E-state index in [1.165, 1.54) is 13.3 Å². The number of hydrazone groups is 1. The molecule has 0 bridgehead atoms. The van der Waals surface area contributed by atoms with Gasteiger partial charge in [0.1, 0.15) is 24.0 Å². The summed E-state index contributed by atoms with van der Waals surface area (Å²) in [5, 5.41) is 7.73. The van der Waals surface area contributed by atoms with E-state index >= 15 is 0 Å². The molecule has 0 aromatic heterocycles. The molecule has 0 aliphatic heterocycles. The number of esters is 1. The number of nitrogens with zero attached hydrogens (tertiary/aromatic N) is 2. The number of nitrogens with one attached hydrogen (secondary N) is 1. The fraction of sp³-hybridized carbons (Fsp3) is 0.571.